The third kappa shape index (κ3) is 4.26. The van der Waals surface area contributed by atoms with Gasteiger partial charge < -0.3 is 5.32 Å². The monoisotopic (exact) mass is 289 g/mol. The number of hydrogen-bond acceptors (Lipinski definition) is 3. The molecule has 0 spiro atoms. The van der Waals surface area contributed by atoms with Crippen LogP contribution in [0.5, 0.6) is 0 Å². The van der Waals surface area contributed by atoms with Crippen LogP contribution < -0.4 is 5.32 Å². The van der Waals surface area contributed by atoms with Crippen molar-refractivity contribution in [1.29, 1.82) is 0 Å². The molecule has 1 N–H and O–H groups in total. The van der Waals surface area contributed by atoms with Crippen molar-refractivity contribution in [2.24, 2.45) is 5.92 Å². The fourth-order valence-corrected chi connectivity index (χ4v) is 3.34. The first kappa shape index (κ1) is 16.4. The number of aromatic nitrogens is 2. The summed E-state index contributed by atoms with van der Waals surface area (Å²) >= 11 is 0. The Bertz CT molecular complexity index is 437. The third-order valence-electron chi connectivity index (χ3n) is 4.91. The van der Waals surface area contributed by atoms with Crippen LogP contribution in [-0.2, 0) is 6.54 Å². The van der Waals surface area contributed by atoms with Gasteiger partial charge in [0.05, 0.1) is 0 Å². The Hall–Kier alpha value is -0.960. The highest BCUT2D eigenvalue weighted by Gasteiger charge is 2.24. The molecular formula is C18H31N3. The lowest BCUT2D eigenvalue weighted by molar-refractivity contribution is 0.311. The first-order valence-corrected chi connectivity index (χ1v) is 8.58. The van der Waals surface area contributed by atoms with Gasteiger partial charge in [0.25, 0.3) is 0 Å². The maximum Gasteiger partial charge on any atom is 0.131 e. The van der Waals surface area contributed by atoms with Crippen molar-refractivity contribution in [1.82, 2.24) is 15.3 Å². The van der Waals surface area contributed by atoms with E-state index in [1.807, 2.05) is 0 Å². The molecule has 1 aliphatic rings. The number of nitrogens with zero attached hydrogens (tertiary/aromatic N) is 2. The molecule has 2 rings (SSSR count). The van der Waals surface area contributed by atoms with Gasteiger partial charge in [-0.1, -0.05) is 27.2 Å². The highest BCUT2D eigenvalue weighted by Crippen LogP contribution is 2.35. The van der Waals surface area contributed by atoms with E-state index in [2.05, 4.69) is 39.9 Å². The number of hydrogen-bond donors (Lipinski definition) is 1. The summed E-state index contributed by atoms with van der Waals surface area (Å²) in [6, 6.07) is 0.493. The molecule has 0 amide bonds. The molecule has 1 saturated carbocycles. The fourth-order valence-electron chi connectivity index (χ4n) is 3.34. The zero-order valence-corrected chi connectivity index (χ0v) is 14.4. The van der Waals surface area contributed by atoms with Gasteiger partial charge in [-0.15, -0.1) is 0 Å². The Balaban J connectivity index is 2.09. The second-order valence-corrected chi connectivity index (χ2v) is 6.89. The second-order valence-electron chi connectivity index (χ2n) is 6.89. The summed E-state index contributed by atoms with van der Waals surface area (Å²) in [5.74, 6) is 2.60. The van der Waals surface area contributed by atoms with Crippen molar-refractivity contribution in [3.63, 3.8) is 0 Å². The molecule has 0 aromatic carbocycles. The van der Waals surface area contributed by atoms with Crippen molar-refractivity contribution in [3.8, 4) is 0 Å². The molecule has 1 heterocycles. The van der Waals surface area contributed by atoms with E-state index >= 15 is 0 Å². The highest BCUT2D eigenvalue weighted by molar-refractivity contribution is 5.25. The molecule has 0 aliphatic heterocycles. The van der Waals surface area contributed by atoms with Gasteiger partial charge in [0.1, 0.15) is 5.82 Å². The normalized spacial score (nSPS) is 22.8. The van der Waals surface area contributed by atoms with E-state index < -0.39 is 0 Å². The van der Waals surface area contributed by atoms with E-state index in [0.717, 1.165) is 29.7 Å². The summed E-state index contributed by atoms with van der Waals surface area (Å²) in [4.78, 5) is 9.67. The third-order valence-corrected chi connectivity index (χ3v) is 4.91. The summed E-state index contributed by atoms with van der Waals surface area (Å²) in [6.45, 7) is 11.8. The zero-order chi connectivity index (χ0) is 15.4. The molecule has 0 bridgehead atoms. The molecular weight excluding hydrogens is 258 g/mol. The quantitative estimate of drug-likeness (QED) is 0.879. The van der Waals surface area contributed by atoms with Crippen LogP contribution in [0, 0.1) is 19.8 Å². The van der Waals surface area contributed by atoms with Crippen molar-refractivity contribution in [2.75, 3.05) is 0 Å². The van der Waals surface area contributed by atoms with Crippen molar-refractivity contribution >= 4 is 0 Å². The molecule has 21 heavy (non-hydrogen) atoms. The van der Waals surface area contributed by atoms with Gasteiger partial charge >= 0.3 is 0 Å². The minimum atomic E-state index is 0.493. The van der Waals surface area contributed by atoms with Gasteiger partial charge in [-0.2, -0.15) is 0 Å². The van der Waals surface area contributed by atoms with Crippen LogP contribution in [0.1, 0.15) is 81.6 Å². The second kappa shape index (κ2) is 7.35. The molecule has 1 aromatic heterocycles. The highest BCUT2D eigenvalue weighted by atomic mass is 14.9. The Labute approximate surface area is 130 Å². The zero-order valence-electron chi connectivity index (χ0n) is 14.4. The lowest BCUT2D eigenvalue weighted by Gasteiger charge is -2.27. The summed E-state index contributed by atoms with van der Waals surface area (Å²) in [7, 11) is 0. The number of aryl methyl sites for hydroxylation is 2. The van der Waals surface area contributed by atoms with Gasteiger partial charge in [-0.25, -0.2) is 9.97 Å². The average molecular weight is 289 g/mol. The van der Waals surface area contributed by atoms with E-state index in [0.29, 0.717) is 12.0 Å². The number of nitrogens with one attached hydrogen (secondary N) is 1. The summed E-state index contributed by atoms with van der Waals surface area (Å²) in [5.41, 5.74) is 3.58. The van der Waals surface area contributed by atoms with Gasteiger partial charge in [-0.3, -0.25) is 0 Å². The van der Waals surface area contributed by atoms with Crippen LogP contribution in [0.15, 0.2) is 0 Å². The molecule has 3 nitrogen and oxygen atoms in total. The fraction of sp³-hybridized carbons (Fsp3) is 0.778. The molecule has 3 heteroatoms. The van der Waals surface area contributed by atoms with E-state index in [-0.39, 0.29) is 0 Å². The predicted molar refractivity (Wildman–Crippen MR) is 88.5 cm³/mol. The maximum atomic E-state index is 4.84. The average Bonchev–Trinajstić information content (AvgIpc) is 2.46. The Morgan fingerprint density at radius 2 is 1.62 bits per heavy atom. The lowest BCUT2D eigenvalue weighted by Crippen LogP contribution is -2.24. The van der Waals surface area contributed by atoms with Gasteiger partial charge in [0, 0.05) is 35.5 Å². The first-order chi connectivity index (χ1) is 10.0. The molecule has 1 fully saturated rings. The van der Waals surface area contributed by atoms with Crippen LogP contribution in [0.4, 0.5) is 0 Å². The molecule has 0 saturated heterocycles. The predicted octanol–water partition coefficient (Wildman–Crippen LogP) is 4.28. The first-order valence-electron chi connectivity index (χ1n) is 8.58. The Morgan fingerprint density at radius 3 is 2.10 bits per heavy atom. The van der Waals surface area contributed by atoms with E-state index in [1.54, 1.807) is 0 Å². The lowest BCUT2D eigenvalue weighted by atomic mass is 9.80. The van der Waals surface area contributed by atoms with Crippen molar-refractivity contribution in [2.45, 2.75) is 85.2 Å². The van der Waals surface area contributed by atoms with Crippen LogP contribution in [-0.4, -0.2) is 16.0 Å². The smallest absolute Gasteiger partial charge is 0.131 e. The van der Waals surface area contributed by atoms with Crippen molar-refractivity contribution < 1.29 is 0 Å². The van der Waals surface area contributed by atoms with E-state index in [1.165, 1.54) is 37.7 Å². The molecule has 0 atom stereocenters. The topological polar surface area (TPSA) is 37.8 Å². The molecule has 118 valence electrons. The van der Waals surface area contributed by atoms with Crippen LogP contribution in [0.3, 0.4) is 0 Å². The molecule has 1 aliphatic carbocycles. The molecule has 0 unspecified atom stereocenters. The largest absolute Gasteiger partial charge is 0.310 e. The molecule has 1 aromatic rings. The van der Waals surface area contributed by atoms with Gasteiger partial charge in [0.2, 0.25) is 0 Å². The van der Waals surface area contributed by atoms with Gasteiger partial charge in [-0.05, 0) is 45.4 Å². The standard InChI is InChI=1S/C18H31N3/c1-6-15-7-9-16(10-8-15)18-20-13(4)17(14(5)21-18)11-19-12(2)3/h12,15-16,19H,6-11H2,1-5H3. The van der Waals surface area contributed by atoms with Crippen LogP contribution in [0.25, 0.3) is 0 Å². The SMILES string of the molecule is CCC1CCC(c2nc(C)c(CNC(C)C)c(C)n2)CC1. The Morgan fingerprint density at radius 1 is 1.05 bits per heavy atom. The minimum absolute atomic E-state index is 0.493. The number of rotatable bonds is 5. The summed E-state index contributed by atoms with van der Waals surface area (Å²) < 4.78 is 0. The van der Waals surface area contributed by atoms with Crippen molar-refractivity contribution in [3.05, 3.63) is 22.8 Å². The van der Waals surface area contributed by atoms with Crippen LogP contribution in [0.2, 0.25) is 0 Å². The molecule has 0 radical (unpaired) electrons. The minimum Gasteiger partial charge on any atom is -0.310 e. The maximum absolute atomic E-state index is 4.84. The van der Waals surface area contributed by atoms with E-state index in [4.69, 9.17) is 9.97 Å². The van der Waals surface area contributed by atoms with E-state index in [9.17, 15) is 0 Å². The Kier molecular flexibility index (Phi) is 5.74. The summed E-state index contributed by atoms with van der Waals surface area (Å²) in [6.07, 6.45) is 6.55. The van der Waals surface area contributed by atoms with Gasteiger partial charge in [0.15, 0.2) is 0 Å². The summed E-state index contributed by atoms with van der Waals surface area (Å²) in [5, 5.41) is 3.48. The van der Waals surface area contributed by atoms with Crippen LogP contribution >= 0.6 is 0 Å².